The molecule has 7 rings (SSSR count). The van der Waals surface area contributed by atoms with Gasteiger partial charge in [0.2, 0.25) is 0 Å². The van der Waals surface area contributed by atoms with Gasteiger partial charge in [0.1, 0.15) is 40.6 Å². The lowest BCUT2D eigenvalue weighted by Gasteiger charge is -2.27. The van der Waals surface area contributed by atoms with Crippen LogP contribution < -0.4 is 9.05 Å². The largest absolute Gasteiger partial charge is 0.399 e. The monoisotopic (exact) mass is 1210 g/mol. The average molecular weight is 1210 g/mol. The first-order valence-electron chi connectivity index (χ1n) is 32.8. The molecule has 3 heterocycles. The Balaban J connectivity index is 1.38. The van der Waals surface area contributed by atoms with Crippen LogP contribution in [0.5, 0.6) is 0 Å². The fraction of sp³-hybridized carbons (Fsp3) is 0.680. The van der Waals surface area contributed by atoms with Crippen LogP contribution in [0.4, 0.5) is 0 Å². The Hall–Kier alpha value is -3.48. The minimum Gasteiger partial charge on any atom is -0.399 e. The third-order valence-electron chi connectivity index (χ3n) is 17.4. The van der Waals surface area contributed by atoms with Crippen LogP contribution in [-0.2, 0) is 52.8 Å². The van der Waals surface area contributed by atoms with Crippen LogP contribution >= 0.6 is 16.5 Å². The van der Waals surface area contributed by atoms with E-state index in [-0.39, 0.29) is 49.9 Å². The van der Waals surface area contributed by atoms with Gasteiger partial charge in [-0.1, -0.05) is 268 Å². The van der Waals surface area contributed by atoms with Crippen molar-refractivity contribution in [1.82, 2.24) is 0 Å². The minimum atomic E-state index is -2.11. The minimum absolute atomic E-state index is 0.121. The first kappa shape index (κ1) is 69.0. The zero-order valence-electron chi connectivity index (χ0n) is 58.1. The van der Waals surface area contributed by atoms with Crippen LogP contribution in [0, 0.1) is 0 Å². The molecule has 4 aromatic carbocycles. The molecule has 0 amide bonds. The first-order chi connectivity index (χ1) is 39.2. The summed E-state index contributed by atoms with van der Waals surface area (Å²) < 4.78 is 57.8. The summed E-state index contributed by atoms with van der Waals surface area (Å²) in [5.41, 5.74) is 11.0. The maximum Gasteiger partial charge on any atom is 0.387 e. The highest BCUT2D eigenvalue weighted by Crippen LogP contribution is 2.49. The molecular weight excluding hydrogens is 1090 g/mol. The molecule has 0 bridgehead atoms. The number of benzene rings is 4. The second kappa shape index (κ2) is 26.5. The summed E-state index contributed by atoms with van der Waals surface area (Å²) in [7, 11) is -4.15. The fourth-order valence-corrected chi connectivity index (χ4v) is 14.0. The maximum absolute atomic E-state index is 7.48. The molecule has 0 N–H and O–H groups in total. The molecule has 474 valence electrons. The van der Waals surface area contributed by atoms with Gasteiger partial charge in [0, 0.05) is 50.4 Å². The molecule has 0 spiro atoms. The Labute approximate surface area is 517 Å². The molecule has 0 radical (unpaired) electrons. The van der Waals surface area contributed by atoms with Crippen molar-refractivity contribution in [1.29, 1.82) is 0 Å². The predicted molar refractivity (Wildman–Crippen MR) is 365 cm³/mol. The summed E-state index contributed by atoms with van der Waals surface area (Å²) in [5.74, 6) is 0. The van der Waals surface area contributed by atoms with Gasteiger partial charge in [-0.15, -0.1) is 0 Å². The highest BCUT2D eigenvalue weighted by Gasteiger charge is 2.42. The second-order valence-corrected chi connectivity index (χ2v) is 35.5. The molecule has 85 heavy (non-hydrogen) atoms. The Kier molecular flexibility index (Phi) is 21.5. The number of rotatable bonds is 19. The summed E-state index contributed by atoms with van der Waals surface area (Å²) in [6.45, 7) is 58.1. The quantitative estimate of drug-likeness (QED) is 0.0741. The maximum atomic E-state index is 7.48. The van der Waals surface area contributed by atoms with Crippen molar-refractivity contribution < 1.29 is 35.3 Å². The van der Waals surface area contributed by atoms with E-state index in [1.165, 1.54) is 86.5 Å². The summed E-state index contributed by atoms with van der Waals surface area (Å²) in [5, 5.41) is 4.11. The van der Waals surface area contributed by atoms with E-state index in [4.69, 9.17) is 35.3 Å². The number of hydrogen-bond acceptors (Lipinski definition) is 8. The van der Waals surface area contributed by atoms with Crippen LogP contribution in [0.15, 0.2) is 65.3 Å². The van der Waals surface area contributed by atoms with Crippen molar-refractivity contribution in [2.75, 3.05) is 19.8 Å². The van der Waals surface area contributed by atoms with E-state index in [9.17, 15) is 0 Å². The Morgan fingerprint density at radius 2 is 0.671 bits per heavy atom. The van der Waals surface area contributed by atoms with Crippen molar-refractivity contribution in [2.24, 2.45) is 0 Å². The summed E-state index contributed by atoms with van der Waals surface area (Å²) in [6, 6.07) is 18.7. The Morgan fingerprint density at radius 3 is 0.965 bits per heavy atom. The van der Waals surface area contributed by atoms with Crippen LogP contribution in [0.3, 0.4) is 0 Å². The molecule has 8 nitrogen and oxygen atoms in total. The third-order valence-corrected chi connectivity index (χ3v) is 19.5. The van der Waals surface area contributed by atoms with Gasteiger partial charge in [0.25, 0.3) is 0 Å². The molecule has 6 aromatic rings. The topological polar surface area (TPSA) is 89.5 Å². The van der Waals surface area contributed by atoms with Gasteiger partial charge in [0.15, 0.2) is 0 Å². The van der Waals surface area contributed by atoms with E-state index < -0.39 is 34.8 Å². The lowest BCUT2D eigenvalue weighted by molar-refractivity contribution is 0.00412. The molecule has 1 fully saturated rings. The van der Waals surface area contributed by atoms with Gasteiger partial charge < -0.3 is 26.3 Å². The number of fused-ring (bicyclic) bond motifs is 6. The predicted octanol–water partition coefficient (Wildman–Crippen LogP) is 23.7. The number of ether oxygens (including phenoxy) is 2. The zero-order chi connectivity index (χ0) is 63.0. The molecule has 0 saturated carbocycles. The standard InChI is InChI=1S/C75H116O8P2/c1-26-27-28-29-30-31-32-33-34-35-36-37-38-76-61-47-77-62(48-78-84-79-63-53(39-49(68(2,3)4)43-57(63)72(14,15)16)54-40-50(69(5,6)7)44-58(64(54)80-84)73(17,18)19)67(61)83-85-81-65-55(41-51(70(8,9)10)45-59(65)74(20,21)22)56-42-52(71(11,12)13)46-60(66(56)82-85)75(23,24)25/h39-46,61-62,67H,26-38,47-48H2,1-25H3/t61-,62+,67+/m0/s1. The van der Waals surface area contributed by atoms with Crippen LogP contribution in [-0.4, -0.2) is 38.1 Å². The number of hydrogen-bond donors (Lipinski definition) is 0. The number of unbranched alkanes of at least 4 members (excludes halogenated alkanes) is 11. The van der Waals surface area contributed by atoms with E-state index in [0.717, 1.165) is 79.0 Å². The molecular formula is C75H116O8P2. The van der Waals surface area contributed by atoms with Gasteiger partial charge in [-0.2, -0.15) is 0 Å². The molecule has 2 aromatic heterocycles. The molecule has 1 aliphatic heterocycles. The van der Waals surface area contributed by atoms with Crippen molar-refractivity contribution in [2.45, 2.75) is 312 Å². The van der Waals surface area contributed by atoms with Gasteiger partial charge in [-0.25, -0.2) is 0 Å². The van der Waals surface area contributed by atoms with E-state index >= 15 is 0 Å². The summed E-state index contributed by atoms with van der Waals surface area (Å²) in [6.07, 6.45) is 13.7. The van der Waals surface area contributed by atoms with Gasteiger partial charge in [0.05, 0.1) is 13.2 Å². The van der Waals surface area contributed by atoms with E-state index in [2.05, 4.69) is 222 Å². The molecule has 1 saturated heterocycles. The van der Waals surface area contributed by atoms with Crippen molar-refractivity contribution in [3.05, 3.63) is 93.0 Å². The highest BCUT2D eigenvalue weighted by molar-refractivity contribution is 7.32. The van der Waals surface area contributed by atoms with E-state index in [1.807, 2.05) is 0 Å². The normalized spacial score (nSPS) is 17.1. The van der Waals surface area contributed by atoms with Crippen LogP contribution in [0.2, 0.25) is 0 Å². The van der Waals surface area contributed by atoms with Gasteiger partial charge >= 0.3 is 16.5 Å². The molecule has 0 aliphatic carbocycles. The smallest absolute Gasteiger partial charge is 0.387 e. The second-order valence-electron chi connectivity index (χ2n) is 33.5. The van der Waals surface area contributed by atoms with Gasteiger partial charge in [-0.3, -0.25) is 9.05 Å². The first-order valence-corrected chi connectivity index (χ1v) is 35.0. The lowest BCUT2D eigenvalue weighted by atomic mass is 9.77. The Bertz CT molecular complexity index is 3130. The summed E-state index contributed by atoms with van der Waals surface area (Å²) >= 11 is 0. The fourth-order valence-electron chi connectivity index (χ4n) is 11.6. The van der Waals surface area contributed by atoms with Crippen molar-refractivity contribution in [3.8, 4) is 0 Å². The van der Waals surface area contributed by atoms with E-state index in [0.29, 0.717) is 13.2 Å². The van der Waals surface area contributed by atoms with Crippen molar-refractivity contribution >= 4 is 60.4 Å². The van der Waals surface area contributed by atoms with Crippen LogP contribution in [0.25, 0.3) is 43.9 Å². The molecule has 1 aliphatic rings. The summed E-state index contributed by atoms with van der Waals surface area (Å²) in [4.78, 5) is 0. The Morgan fingerprint density at radius 1 is 0.376 bits per heavy atom. The van der Waals surface area contributed by atoms with Gasteiger partial charge in [-0.05, 0) is 96.3 Å². The molecule has 3 atom stereocenters. The molecule has 10 heteroatoms. The SMILES string of the molecule is CCCCCCCCCCCCCCO[C@H]1CO[C@H](COp2oc3c(C(C)(C)C)cc(C(C)(C)C)cc3c3cc(C(C)(C)C)cc(C(C)(C)C)c3o2)[C@@H]1Op1oc2c(C(C)(C)C)cc(C(C)(C)C)cc2c2cc(C(C)(C)C)cc(C(C)(C)C)c2o1. The third kappa shape index (κ3) is 17.3. The highest BCUT2D eigenvalue weighted by atomic mass is 31.1. The van der Waals surface area contributed by atoms with E-state index in [1.54, 1.807) is 0 Å². The average Bonchev–Trinajstić information content (AvgIpc) is 1.79. The lowest BCUT2D eigenvalue weighted by Crippen LogP contribution is -2.39. The molecule has 0 unspecified atom stereocenters. The van der Waals surface area contributed by atoms with Crippen LogP contribution in [0.1, 0.15) is 295 Å². The zero-order valence-corrected chi connectivity index (χ0v) is 59.9. The van der Waals surface area contributed by atoms with Crippen molar-refractivity contribution in [3.63, 3.8) is 0 Å².